The van der Waals surface area contributed by atoms with Crippen LogP contribution in [0, 0.1) is 12.3 Å². The molecule has 1 saturated heterocycles. The molecule has 0 bridgehead atoms. The Kier molecular flexibility index (Phi) is 11.9. The number of nitrogens with two attached hydrogens (primary N) is 1. The number of hydrogen-bond acceptors (Lipinski definition) is 5. The Balaban J connectivity index is 2.03. The zero-order chi connectivity index (χ0) is 29.9. The number of nitrogen functional groups attached to an aromatic ring is 1. The molecule has 0 unspecified atom stereocenters. The van der Waals surface area contributed by atoms with E-state index in [0.717, 1.165) is 72.9 Å². The molecular weight excluding hydrogens is 510 g/mol. The lowest BCUT2D eigenvalue weighted by atomic mass is 9.79. The molecule has 7 nitrogen and oxygen atoms in total. The predicted molar refractivity (Wildman–Crippen MR) is 171 cm³/mol. The van der Waals surface area contributed by atoms with Crippen molar-refractivity contribution in [3.63, 3.8) is 0 Å². The highest BCUT2D eigenvalue weighted by atomic mass is 16.2. The summed E-state index contributed by atoms with van der Waals surface area (Å²) >= 11 is 0. The number of aryl methyl sites for hydroxylation is 1. The van der Waals surface area contributed by atoms with Gasteiger partial charge in [0.15, 0.2) is 0 Å². The van der Waals surface area contributed by atoms with E-state index in [9.17, 15) is 9.59 Å². The third kappa shape index (κ3) is 7.72. The molecule has 41 heavy (non-hydrogen) atoms. The number of nitrogens with zero attached hydrogens (tertiary/aromatic N) is 3. The molecule has 1 fully saturated rings. The number of allylic oxidation sites excluding steroid dienone is 5. The Morgan fingerprint density at radius 3 is 2.34 bits per heavy atom. The first-order chi connectivity index (χ1) is 19.8. The number of piperazine rings is 1. The number of unbranched alkanes of at least 4 members (excludes halogenated alkanes) is 1. The quantitative estimate of drug-likeness (QED) is 0.146. The molecule has 220 valence electrons. The standard InChI is InChI=1S/C34H47N5O2/c1-6-9-13-28(27-14-10-11-15-29(27)33-24(4)16-17-31(36)30(33)22-35)32(12-7-2)37-23-26(8-3)34(41)39-20-18-38(19-21-39)25(5)40/h8,12-13,16-17,22-23,35H,6-7,9-11,14-15,18-21,36H2,1-5H3/b26-8+,28-13-,32-12+,35-22?,37-23-. The van der Waals surface area contributed by atoms with E-state index >= 15 is 0 Å². The van der Waals surface area contributed by atoms with Gasteiger partial charge in [0, 0.05) is 56.8 Å². The first-order valence-corrected chi connectivity index (χ1v) is 15.0. The summed E-state index contributed by atoms with van der Waals surface area (Å²) in [4.78, 5) is 33.7. The second kappa shape index (κ2) is 15.3. The van der Waals surface area contributed by atoms with Crippen LogP contribution in [0.3, 0.4) is 0 Å². The van der Waals surface area contributed by atoms with Crippen LogP contribution in [0.1, 0.15) is 89.3 Å². The molecule has 3 N–H and O–H groups in total. The fraction of sp³-hybridized carbons (Fsp3) is 0.471. The smallest absolute Gasteiger partial charge is 0.255 e. The van der Waals surface area contributed by atoms with Crippen molar-refractivity contribution in [3.05, 3.63) is 69.5 Å². The third-order valence-corrected chi connectivity index (χ3v) is 7.95. The maximum Gasteiger partial charge on any atom is 0.255 e. The van der Waals surface area contributed by atoms with Crippen LogP contribution in [-0.2, 0) is 9.59 Å². The van der Waals surface area contributed by atoms with Gasteiger partial charge in [-0.2, -0.15) is 0 Å². The van der Waals surface area contributed by atoms with Gasteiger partial charge in [-0.3, -0.25) is 14.6 Å². The molecule has 0 saturated carbocycles. The summed E-state index contributed by atoms with van der Waals surface area (Å²) in [7, 11) is 0. The summed E-state index contributed by atoms with van der Waals surface area (Å²) in [6.07, 6.45) is 16.1. The lowest BCUT2D eigenvalue weighted by Crippen LogP contribution is -2.50. The summed E-state index contributed by atoms with van der Waals surface area (Å²) in [5.74, 6) is -0.0128. The van der Waals surface area contributed by atoms with Gasteiger partial charge < -0.3 is 20.9 Å². The van der Waals surface area contributed by atoms with E-state index in [4.69, 9.17) is 16.1 Å². The summed E-state index contributed by atoms with van der Waals surface area (Å²) in [6, 6.07) is 3.94. The van der Waals surface area contributed by atoms with Crippen LogP contribution in [0.4, 0.5) is 5.69 Å². The molecule has 7 heteroatoms. The summed E-state index contributed by atoms with van der Waals surface area (Å²) in [5.41, 5.74) is 15.0. The van der Waals surface area contributed by atoms with Gasteiger partial charge in [0.05, 0.1) is 11.3 Å². The van der Waals surface area contributed by atoms with E-state index < -0.39 is 0 Å². The molecule has 1 aliphatic carbocycles. The minimum atomic E-state index is -0.0574. The molecule has 0 atom stereocenters. The highest BCUT2D eigenvalue weighted by Crippen LogP contribution is 2.42. The molecule has 0 aromatic heterocycles. The van der Waals surface area contributed by atoms with Crippen molar-refractivity contribution < 1.29 is 9.59 Å². The molecule has 2 amide bonds. The number of anilines is 1. The van der Waals surface area contributed by atoms with Crippen molar-refractivity contribution in [1.82, 2.24) is 9.80 Å². The van der Waals surface area contributed by atoms with E-state index in [2.05, 4.69) is 32.9 Å². The van der Waals surface area contributed by atoms with Crippen molar-refractivity contribution in [2.75, 3.05) is 31.9 Å². The molecule has 1 aromatic rings. The zero-order valence-electron chi connectivity index (χ0n) is 25.6. The second-order valence-corrected chi connectivity index (χ2v) is 10.8. The fourth-order valence-corrected chi connectivity index (χ4v) is 5.68. The minimum Gasteiger partial charge on any atom is -0.398 e. The lowest BCUT2D eigenvalue weighted by Gasteiger charge is -2.34. The SMILES string of the molecule is C\C=C(/C=N\C(=C\CC)C(=C/CCC)\C1=C(c2c(C)ccc(N)c2C=N)CCCC1)C(=O)N1CCN(C(C)=O)CC1. The number of carbonyl (C=O) groups excluding carboxylic acids is 2. The van der Waals surface area contributed by atoms with Crippen molar-refractivity contribution in [3.8, 4) is 0 Å². The van der Waals surface area contributed by atoms with E-state index in [-0.39, 0.29) is 11.8 Å². The lowest BCUT2D eigenvalue weighted by molar-refractivity contribution is -0.135. The van der Waals surface area contributed by atoms with E-state index in [0.29, 0.717) is 37.4 Å². The summed E-state index contributed by atoms with van der Waals surface area (Å²) in [5, 5.41) is 8.13. The molecule has 3 rings (SSSR count). The maximum absolute atomic E-state index is 13.4. The van der Waals surface area contributed by atoms with Crippen LogP contribution in [0.2, 0.25) is 0 Å². The number of carbonyl (C=O) groups is 2. The molecule has 0 radical (unpaired) electrons. The third-order valence-electron chi connectivity index (χ3n) is 7.95. The molecule has 1 aliphatic heterocycles. The summed E-state index contributed by atoms with van der Waals surface area (Å²) in [6.45, 7) is 12.0. The molecular formula is C34H47N5O2. The van der Waals surface area contributed by atoms with E-state index in [1.54, 1.807) is 22.9 Å². The minimum absolute atomic E-state index is 0.0446. The topological polar surface area (TPSA) is 103 Å². The highest BCUT2D eigenvalue weighted by molar-refractivity contribution is 6.12. The maximum atomic E-state index is 13.4. The van der Waals surface area contributed by atoms with Crippen LogP contribution >= 0.6 is 0 Å². The van der Waals surface area contributed by atoms with Crippen LogP contribution in [0.15, 0.2) is 57.8 Å². The Morgan fingerprint density at radius 1 is 1.05 bits per heavy atom. The predicted octanol–water partition coefficient (Wildman–Crippen LogP) is 6.63. The first-order valence-electron chi connectivity index (χ1n) is 15.0. The monoisotopic (exact) mass is 557 g/mol. The van der Waals surface area contributed by atoms with Gasteiger partial charge >= 0.3 is 0 Å². The van der Waals surface area contributed by atoms with Crippen molar-refractivity contribution in [1.29, 1.82) is 5.41 Å². The van der Waals surface area contributed by atoms with Gasteiger partial charge in [-0.25, -0.2) is 0 Å². The van der Waals surface area contributed by atoms with Crippen molar-refractivity contribution in [2.45, 2.75) is 79.6 Å². The van der Waals surface area contributed by atoms with Gasteiger partial charge in [0.2, 0.25) is 5.91 Å². The number of rotatable bonds is 10. The average Bonchev–Trinajstić information content (AvgIpc) is 2.98. The molecule has 1 aromatic carbocycles. The Bertz CT molecular complexity index is 1290. The normalized spacial score (nSPS) is 17.4. The van der Waals surface area contributed by atoms with Gasteiger partial charge in [0.1, 0.15) is 0 Å². The van der Waals surface area contributed by atoms with E-state index in [1.165, 1.54) is 17.4 Å². The number of amides is 2. The van der Waals surface area contributed by atoms with Gasteiger partial charge in [-0.05, 0) is 86.3 Å². The van der Waals surface area contributed by atoms with Crippen LogP contribution in [-0.4, -0.2) is 60.2 Å². The van der Waals surface area contributed by atoms with E-state index in [1.807, 2.05) is 25.1 Å². The summed E-state index contributed by atoms with van der Waals surface area (Å²) < 4.78 is 0. The zero-order valence-corrected chi connectivity index (χ0v) is 25.6. The second-order valence-electron chi connectivity index (χ2n) is 10.8. The first kappa shape index (κ1) is 31.8. The number of benzene rings is 1. The van der Waals surface area contributed by atoms with Crippen molar-refractivity contribution >= 4 is 35.5 Å². The highest BCUT2D eigenvalue weighted by Gasteiger charge is 2.25. The molecule has 1 heterocycles. The van der Waals surface area contributed by atoms with Crippen LogP contribution in [0.25, 0.3) is 5.57 Å². The van der Waals surface area contributed by atoms with Gasteiger partial charge in [0.25, 0.3) is 5.91 Å². The number of hydrogen-bond donors (Lipinski definition) is 2. The van der Waals surface area contributed by atoms with Crippen molar-refractivity contribution in [2.24, 2.45) is 4.99 Å². The number of aliphatic imine (C=N–C) groups is 1. The van der Waals surface area contributed by atoms with Gasteiger partial charge in [-0.15, -0.1) is 0 Å². The fourth-order valence-electron chi connectivity index (χ4n) is 5.68. The van der Waals surface area contributed by atoms with Crippen LogP contribution in [0.5, 0.6) is 0 Å². The Morgan fingerprint density at radius 2 is 1.73 bits per heavy atom. The average molecular weight is 558 g/mol. The molecule has 0 spiro atoms. The van der Waals surface area contributed by atoms with Crippen LogP contribution < -0.4 is 5.73 Å². The van der Waals surface area contributed by atoms with Gasteiger partial charge in [-0.1, -0.05) is 44.6 Å². The molecule has 2 aliphatic rings. The Hall–Kier alpha value is -3.74. The Labute approximate surface area is 246 Å². The largest absolute Gasteiger partial charge is 0.398 e. The number of nitrogens with one attached hydrogen (secondary N) is 1.